The van der Waals surface area contributed by atoms with E-state index in [0.717, 1.165) is 10.1 Å². The molecule has 0 radical (unpaired) electrons. The van der Waals surface area contributed by atoms with Gasteiger partial charge in [-0.2, -0.15) is 0 Å². The molecule has 0 saturated heterocycles. The molecule has 3 aromatic rings. The third-order valence-electron chi connectivity index (χ3n) is 3.81. The number of carbonyl (C=O) groups is 2. The Hall–Kier alpha value is -2.28. The first-order valence-electron chi connectivity index (χ1n) is 8.01. The molecule has 1 aromatic heterocycles. The van der Waals surface area contributed by atoms with Crippen LogP contribution in [0.1, 0.15) is 32.5 Å². The molecule has 0 bridgehead atoms. The van der Waals surface area contributed by atoms with E-state index in [2.05, 4.69) is 0 Å². The molecule has 0 fully saturated rings. The van der Waals surface area contributed by atoms with Gasteiger partial charge in [-0.3, -0.25) is 4.79 Å². The highest BCUT2D eigenvalue weighted by Gasteiger charge is 2.22. The predicted octanol–water partition coefficient (Wildman–Crippen LogP) is 5.06. The number of thiophene rings is 1. The number of fused-ring (bicyclic) bond motifs is 1. The maximum atomic E-state index is 12.4. The topological polar surface area (TPSA) is 78.6 Å². The summed E-state index contributed by atoms with van der Waals surface area (Å²) in [5.74, 6) is -0.643. The van der Waals surface area contributed by atoms with E-state index >= 15 is 0 Å². The van der Waals surface area contributed by atoms with Crippen LogP contribution >= 0.6 is 34.5 Å². The molecule has 140 valence electrons. The summed E-state index contributed by atoms with van der Waals surface area (Å²) in [6.07, 6.45) is 0. The van der Waals surface area contributed by atoms with Crippen LogP contribution in [-0.4, -0.2) is 18.5 Å². The van der Waals surface area contributed by atoms with Crippen LogP contribution in [0.4, 0.5) is 0 Å². The van der Waals surface area contributed by atoms with Crippen molar-refractivity contribution < 1.29 is 19.1 Å². The van der Waals surface area contributed by atoms with Crippen LogP contribution in [0.15, 0.2) is 36.4 Å². The summed E-state index contributed by atoms with van der Waals surface area (Å²) < 4.78 is 11.8. The van der Waals surface area contributed by atoms with E-state index in [1.54, 1.807) is 19.1 Å². The van der Waals surface area contributed by atoms with Crippen molar-refractivity contribution in [2.24, 2.45) is 5.73 Å². The second-order valence-electron chi connectivity index (χ2n) is 5.54. The number of esters is 1. The number of halogens is 2. The summed E-state index contributed by atoms with van der Waals surface area (Å²) in [5.41, 5.74) is 6.16. The highest BCUT2D eigenvalue weighted by molar-refractivity contribution is 7.21. The van der Waals surface area contributed by atoms with E-state index in [9.17, 15) is 9.59 Å². The summed E-state index contributed by atoms with van der Waals surface area (Å²) in [4.78, 5) is 24.0. The zero-order valence-corrected chi connectivity index (χ0v) is 16.6. The van der Waals surface area contributed by atoms with Crippen molar-refractivity contribution >= 4 is 56.5 Å². The number of amides is 1. The number of hydrogen-bond donors (Lipinski definition) is 1. The molecule has 0 aliphatic heterocycles. The van der Waals surface area contributed by atoms with Gasteiger partial charge in [0.05, 0.1) is 11.6 Å². The van der Waals surface area contributed by atoms with E-state index in [4.69, 9.17) is 38.4 Å². The van der Waals surface area contributed by atoms with Gasteiger partial charge in [0.1, 0.15) is 17.2 Å². The SMILES string of the molecule is CCOC(=O)c1sc2cccc(Cl)c2c1COc1ccc(C(N)=O)cc1Cl. The maximum Gasteiger partial charge on any atom is 0.348 e. The minimum Gasteiger partial charge on any atom is -0.487 e. The van der Waals surface area contributed by atoms with Crippen LogP contribution in [0, 0.1) is 0 Å². The Labute approximate surface area is 169 Å². The van der Waals surface area contributed by atoms with Gasteiger partial charge >= 0.3 is 5.97 Å². The van der Waals surface area contributed by atoms with Crippen LogP contribution in [-0.2, 0) is 11.3 Å². The highest BCUT2D eigenvalue weighted by Crippen LogP contribution is 2.37. The zero-order valence-electron chi connectivity index (χ0n) is 14.3. The quantitative estimate of drug-likeness (QED) is 0.561. The van der Waals surface area contributed by atoms with Gasteiger partial charge < -0.3 is 15.2 Å². The van der Waals surface area contributed by atoms with Crippen LogP contribution in [0.5, 0.6) is 5.75 Å². The summed E-state index contributed by atoms with van der Waals surface area (Å²) >= 11 is 13.8. The molecule has 1 heterocycles. The number of ether oxygens (including phenoxy) is 2. The maximum absolute atomic E-state index is 12.4. The molecule has 1 amide bonds. The first kappa shape index (κ1) is 19.5. The third-order valence-corrected chi connectivity index (χ3v) is 5.60. The number of nitrogens with two attached hydrogens (primary N) is 1. The Kier molecular flexibility index (Phi) is 5.89. The molecule has 0 atom stereocenters. The van der Waals surface area contributed by atoms with Crippen molar-refractivity contribution in [2.75, 3.05) is 6.61 Å². The number of hydrogen-bond acceptors (Lipinski definition) is 5. The van der Waals surface area contributed by atoms with Crippen molar-refractivity contribution in [3.63, 3.8) is 0 Å². The van der Waals surface area contributed by atoms with Crippen molar-refractivity contribution in [3.8, 4) is 5.75 Å². The number of primary amides is 1. The van der Waals surface area contributed by atoms with Gasteiger partial charge in [-0.1, -0.05) is 29.3 Å². The first-order valence-corrected chi connectivity index (χ1v) is 9.58. The van der Waals surface area contributed by atoms with Crippen LogP contribution in [0.25, 0.3) is 10.1 Å². The van der Waals surface area contributed by atoms with Crippen molar-refractivity contribution in [1.82, 2.24) is 0 Å². The third kappa shape index (κ3) is 4.03. The van der Waals surface area contributed by atoms with E-state index in [1.807, 2.05) is 12.1 Å². The normalized spacial score (nSPS) is 10.8. The van der Waals surface area contributed by atoms with Gasteiger partial charge in [0.25, 0.3) is 0 Å². The first-order chi connectivity index (χ1) is 12.9. The Morgan fingerprint density at radius 1 is 1.15 bits per heavy atom. The standard InChI is InChI=1S/C19H15Cl2NO4S/c1-2-25-19(24)17-11(16-12(20)4-3-5-15(16)27-17)9-26-14-7-6-10(18(22)23)8-13(14)21/h3-8H,2,9H2,1H3,(H2,22,23). The molecule has 0 aliphatic carbocycles. The Morgan fingerprint density at radius 2 is 1.93 bits per heavy atom. The predicted molar refractivity (Wildman–Crippen MR) is 107 cm³/mol. The Balaban J connectivity index is 1.97. The zero-order chi connectivity index (χ0) is 19.6. The van der Waals surface area contributed by atoms with E-state index < -0.39 is 11.9 Å². The molecular formula is C19H15Cl2NO4S. The fraction of sp³-hybridized carbons (Fsp3) is 0.158. The molecule has 27 heavy (non-hydrogen) atoms. The van der Waals surface area contributed by atoms with Gasteiger partial charge in [-0.25, -0.2) is 4.79 Å². The fourth-order valence-electron chi connectivity index (χ4n) is 2.59. The molecule has 8 heteroatoms. The molecule has 0 spiro atoms. The van der Waals surface area contributed by atoms with E-state index in [1.165, 1.54) is 23.5 Å². The van der Waals surface area contributed by atoms with Crippen LogP contribution in [0.2, 0.25) is 10.0 Å². The average molecular weight is 424 g/mol. The monoisotopic (exact) mass is 423 g/mol. The smallest absolute Gasteiger partial charge is 0.348 e. The van der Waals surface area contributed by atoms with Gasteiger partial charge in [-0.15, -0.1) is 11.3 Å². The van der Waals surface area contributed by atoms with Crippen LogP contribution in [0.3, 0.4) is 0 Å². The molecule has 5 nitrogen and oxygen atoms in total. The summed E-state index contributed by atoms with van der Waals surface area (Å²) in [6.45, 7) is 2.07. The lowest BCUT2D eigenvalue weighted by Crippen LogP contribution is -2.11. The Bertz CT molecular complexity index is 1030. The second-order valence-corrected chi connectivity index (χ2v) is 7.41. The molecule has 3 rings (SSSR count). The second kappa shape index (κ2) is 8.17. The fourth-order valence-corrected chi connectivity index (χ4v) is 4.30. The van der Waals surface area contributed by atoms with Gasteiger partial charge in [0, 0.05) is 26.2 Å². The molecule has 0 saturated carbocycles. The van der Waals surface area contributed by atoms with E-state index in [-0.39, 0.29) is 23.8 Å². The lowest BCUT2D eigenvalue weighted by molar-refractivity contribution is 0.0529. The van der Waals surface area contributed by atoms with Crippen molar-refractivity contribution in [3.05, 3.63) is 62.4 Å². The Morgan fingerprint density at radius 3 is 2.59 bits per heavy atom. The average Bonchev–Trinajstić information content (AvgIpc) is 3.01. The minimum absolute atomic E-state index is 0.0630. The van der Waals surface area contributed by atoms with Gasteiger partial charge in [0.2, 0.25) is 5.91 Å². The molecule has 2 N–H and O–H groups in total. The molecule has 0 unspecified atom stereocenters. The largest absolute Gasteiger partial charge is 0.487 e. The molecular weight excluding hydrogens is 409 g/mol. The number of carbonyl (C=O) groups excluding carboxylic acids is 2. The van der Waals surface area contributed by atoms with Crippen molar-refractivity contribution in [2.45, 2.75) is 13.5 Å². The lowest BCUT2D eigenvalue weighted by atomic mass is 10.1. The van der Waals surface area contributed by atoms with E-state index in [0.29, 0.717) is 21.2 Å². The number of benzene rings is 2. The highest BCUT2D eigenvalue weighted by atomic mass is 35.5. The summed E-state index contributed by atoms with van der Waals surface area (Å²) in [5, 5.41) is 1.51. The lowest BCUT2D eigenvalue weighted by Gasteiger charge is -2.10. The van der Waals surface area contributed by atoms with Crippen LogP contribution < -0.4 is 10.5 Å². The van der Waals surface area contributed by atoms with Gasteiger partial charge in [-0.05, 0) is 37.3 Å². The minimum atomic E-state index is -0.580. The molecule has 0 aliphatic rings. The molecule has 2 aromatic carbocycles. The summed E-state index contributed by atoms with van der Waals surface area (Å²) in [6, 6.07) is 9.97. The number of rotatable bonds is 6. The van der Waals surface area contributed by atoms with Gasteiger partial charge in [0.15, 0.2) is 0 Å². The summed E-state index contributed by atoms with van der Waals surface area (Å²) in [7, 11) is 0. The van der Waals surface area contributed by atoms with Crippen molar-refractivity contribution in [1.29, 1.82) is 0 Å².